The molecule has 0 radical (unpaired) electrons. The Balaban J connectivity index is 1.99. The van der Waals surface area contributed by atoms with Crippen LogP contribution in [0, 0.1) is 11.3 Å². The molecule has 0 aliphatic heterocycles. The second-order valence-corrected chi connectivity index (χ2v) is 4.77. The number of benzene rings is 1. The monoisotopic (exact) mass is 256 g/mol. The van der Waals surface area contributed by atoms with E-state index < -0.39 is 5.60 Å². The van der Waals surface area contributed by atoms with Gasteiger partial charge in [0, 0.05) is 5.56 Å². The molecule has 1 amide bonds. The van der Waals surface area contributed by atoms with Gasteiger partial charge in [0.2, 0.25) is 0 Å². The maximum atomic E-state index is 11.9. The van der Waals surface area contributed by atoms with Crippen molar-refractivity contribution in [2.24, 2.45) is 0 Å². The predicted molar refractivity (Wildman–Crippen MR) is 71.4 cm³/mol. The van der Waals surface area contributed by atoms with E-state index in [1.807, 2.05) is 12.1 Å². The molecule has 1 aromatic carbocycles. The second kappa shape index (κ2) is 5.68. The van der Waals surface area contributed by atoms with Crippen molar-refractivity contribution in [2.45, 2.75) is 24.9 Å². The number of hydrogen-bond donors (Lipinski definition) is 2. The fraction of sp³-hybridized carbons (Fsp3) is 0.333. The molecule has 0 aromatic heterocycles. The SMILES string of the molecule is N#Cc1cccc(C(=O)NCC2(O)C=CCCC2)c1. The Labute approximate surface area is 112 Å². The van der Waals surface area contributed by atoms with E-state index >= 15 is 0 Å². The molecule has 0 bridgehead atoms. The largest absolute Gasteiger partial charge is 0.384 e. The van der Waals surface area contributed by atoms with Crippen LogP contribution in [0.15, 0.2) is 36.4 Å². The Morgan fingerprint density at radius 3 is 3.05 bits per heavy atom. The Morgan fingerprint density at radius 2 is 2.37 bits per heavy atom. The van der Waals surface area contributed by atoms with Gasteiger partial charge < -0.3 is 10.4 Å². The highest BCUT2D eigenvalue weighted by molar-refractivity contribution is 5.94. The lowest BCUT2D eigenvalue weighted by Gasteiger charge is -2.27. The number of aliphatic hydroxyl groups is 1. The molecule has 1 unspecified atom stereocenters. The molecule has 1 aliphatic carbocycles. The summed E-state index contributed by atoms with van der Waals surface area (Å²) in [6.07, 6.45) is 6.24. The Hall–Kier alpha value is -2.12. The summed E-state index contributed by atoms with van der Waals surface area (Å²) in [6.45, 7) is 0.194. The van der Waals surface area contributed by atoms with Crippen LogP contribution in [0.2, 0.25) is 0 Å². The number of rotatable bonds is 3. The Bertz CT molecular complexity index is 545. The van der Waals surface area contributed by atoms with Crippen molar-refractivity contribution in [1.29, 1.82) is 5.26 Å². The van der Waals surface area contributed by atoms with Crippen LogP contribution in [-0.2, 0) is 0 Å². The highest BCUT2D eigenvalue weighted by Crippen LogP contribution is 2.21. The smallest absolute Gasteiger partial charge is 0.251 e. The van der Waals surface area contributed by atoms with Crippen molar-refractivity contribution in [3.8, 4) is 6.07 Å². The molecule has 1 aliphatic rings. The number of amides is 1. The van der Waals surface area contributed by atoms with Crippen LogP contribution in [0.4, 0.5) is 0 Å². The van der Waals surface area contributed by atoms with Gasteiger partial charge in [-0.3, -0.25) is 4.79 Å². The summed E-state index contributed by atoms with van der Waals surface area (Å²) in [4.78, 5) is 11.9. The summed E-state index contributed by atoms with van der Waals surface area (Å²) in [7, 11) is 0. The third-order valence-electron chi connectivity index (χ3n) is 3.22. The van der Waals surface area contributed by atoms with Crippen molar-refractivity contribution in [2.75, 3.05) is 6.54 Å². The summed E-state index contributed by atoms with van der Waals surface area (Å²) in [5.74, 6) is -0.274. The first-order valence-electron chi connectivity index (χ1n) is 6.31. The molecule has 0 spiro atoms. The Kier molecular flexibility index (Phi) is 3.98. The van der Waals surface area contributed by atoms with Crippen molar-refractivity contribution in [3.05, 3.63) is 47.5 Å². The van der Waals surface area contributed by atoms with Crippen LogP contribution in [0.3, 0.4) is 0 Å². The first kappa shape index (κ1) is 13.3. The zero-order chi connectivity index (χ0) is 13.7. The standard InChI is InChI=1S/C15H16N2O2/c16-10-12-5-4-6-13(9-12)14(18)17-11-15(19)7-2-1-3-8-15/h2,4-7,9,19H,1,3,8,11H2,(H,17,18). The van der Waals surface area contributed by atoms with Gasteiger partial charge in [0.1, 0.15) is 0 Å². The van der Waals surface area contributed by atoms with Gasteiger partial charge in [-0.2, -0.15) is 5.26 Å². The lowest BCUT2D eigenvalue weighted by Crippen LogP contribution is -2.42. The molecule has 0 saturated carbocycles. The summed E-state index contributed by atoms with van der Waals surface area (Å²) < 4.78 is 0. The van der Waals surface area contributed by atoms with E-state index in [2.05, 4.69) is 5.32 Å². The Morgan fingerprint density at radius 1 is 1.53 bits per heavy atom. The molecule has 1 atom stereocenters. The molecule has 1 aromatic rings. The third-order valence-corrected chi connectivity index (χ3v) is 3.22. The first-order chi connectivity index (χ1) is 9.13. The van der Waals surface area contributed by atoms with Crippen LogP contribution in [-0.4, -0.2) is 23.2 Å². The maximum Gasteiger partial charge on any atom is 0.251 e. The van der Waals surface area contributed by atoms with Crippen LogP contribution >= 0.6 is 0 Å². The van der Waals surface area contributed by atoms with Crippen molar-refractivity contribution in [1.82, 2.24) is 5.32 Å². The van der Waals surface area contributed by atoms with E-state index in [0.29, 0.717) is 17.5 Å². The van der Waals surface area contributed by atoms with Crippen molar-refractivity contribution < 1.29 is 9.90 Å². The number of carbonyl (C=O) groups excluding carboxylic acids is 1. The molecule has 2 rings (SSSR count). The van der Waals surface area contributed by atoms with E-state index in [0.717, 1.165) is 12.8 Å². The number of allylic oxidation sites excluding steroid dienone is 1. The minimum atomic E-state index is -0.944. The highest BCUT2D eigenvalue weighted by Gasteiger charge is 2.25. The van der Waals surface area contributed by atoms with Crippen LogP contribution in [0.5, 0.6) is 0 Å². The van der Waals surface area contributed by atoms with E-state index in [4.69, 9.17) is 5.26 Å². The summed E-state index contributed by atoms with van der Waals surface area (Å²) in [5, 5.41) is 21.7. The lowest BCUT2D eigenvalue weighted by molar-refractivity contribution is 0.0660. The molecule has 0 heterocycles. The van der Waals surface area contributed by atoms with Gasteiger partial charge >= 0.3 is 0 Å². The third kappa shape index (κ3) is 3.43. The fourth-order valence-electron chi connectivity index (χ4n) is 2.12. The minimum Gasteiger partial charge on any atom is -0.384 e. The van der Waals surface area contributed by atoms with Crippen molar-refractivity contribution in [3.63, 3.8) is 0 Å². The molecule has 0 saturated heterocycles. The highest BCUT2D eigenvalue weighted by atomic mass is 16.3. The van der Waals surface area contributed by atoms with Gasteiger partial charge in [-0.25, -0.2) is 0 Å². The maximum absolute atomic E-state index is 11.9. The van der Waals surface area contributed by atoms with Crippen LogP contribution < -0.4 is 5.32 Å². The van der Waals surface area contributed by atoms with E-state index in [-0.39, 0.29) is 12.5 Å². The summed E-state index contributed by atoms with van der Waals surface area (Å²) in [6, 6.07) is 8.50. The van der Waals surface area contributed by atoms with Gasteiger partial charge in [0.05, 0.1) is 23.8 Å². The summed E-state index contributed by atoms with van der Waals surface area (Å²) >= 11 is 0. The number of carbonyl (C=O) groups is 1. The van der Waals surface area contributed by atoms with E-state index in [1.165, 1.54) is 6.07 Å². The number of nitrogens with zero attached hydrogens (tertiary/aromatic N) is 1. The average Bonchev–Trinajstić information content (AvgIpc) is 2.46. The fourth-order valence-corrected chi connectivity index (χ4v) is 2.12. The molecule has 4 nitrogen and oxygen atoms in total. The van der Waals surface area contributed by atoms with Crippen LogP contribution in [0.25, 0.3) is 0 Å². The number of nitrogens with one attached hydrogen (secondary N) is 1. The zero-order valence-electron chi connectivity index (χ0n) is 10.6. The first-order valence-corrected chi connectivity index (χ1v) is 6.31. The predicted octanol–water partition coefficient (Wildman–Crippen LogP) is 1.76. The van der Waals surface area contributed by atoms with Gasteiger partial charge in [-0.15, -0.1) is 0 Å². The number of hydrogen-bond acceptors (Lipinski definition) is 3. The number of nitriles is 1. The molecule has 19 heavy (non-hydrogen) atoms. The normalized spacial score (nSPS) is 21.7. The van der Waals surface area contributed by atoms with E-state index in [9.17, 15) is 9.90 Å². The van der Waals surface area contributed by atoms with Crippen LogP contribution in [0.1, 0.15) is 35.2 Å². The van der Waals surface area contributed by atoms with E-state index in [1.54, 1.807) is 24.3 Å². The zero-order valence-corrected chi connectivity index (χ0v) is 10.6. The molecule has 98 valence electrons. The summed E-state index contributed by atoms with van der Waals surface area (Å²) in [5.41, 5.74) is -0.0628. The molecule has 4 heteroatoms. The molecular formula is C15H16N2O2. The van der Waals surface area contributed by atoms with Gasteiger partial charge in [-0.05, 0) is 37.5 Å². The minimum absolute atomic E-state index is 0.194. The lowest BCUT2D eigenvalue weighted by atomic mass is 9.91. The molecule has 0 fully saturated rings. The molecular weight excluding hydrogens is 240 g/mol. The molecule has 2 N–H and O–H groups in total. The quantitative estimate of drug-likeness (QED) is 0.809. The van der Waals surface area contributed by atoms with Crippen molar-refractivity contribution >= 4 is 5.91 Å². The van der Waals surface area contributed by atoms with Gasteiger partial charge in [0.15, 0.2) is 0 Å². The van der Waals surface area contributed by atoms with Gasteiger partial charge in [0.25, 0.3) is 5.91 Å². The second-order valence-electron chi connectivity index (χ2n) is 4.77. The topological polar surface area (TPSA) is 73.1 Å². The average molecular weight is 256 g/mol. The van der Waals surface area contributed by atoms with Gasteiger partial charge in [-0.1, -0.05) is 18.2 Å².